The number of piperidine rings is 1. The lowest BCUT2D eigenvalue weighted by molar-refractivity contribution is -0.274. The molecule has 5 rings (SSSR count). The van der Waals surface area contributed by atoms with E-state index in [-0.39, 0.29) is 17.7 Å². The highest BCUT2D eigenvalue weighted by molar-refractivity contribution is 5.99. The molecule has 2 aromatic carbocycles. The van der Waals surface area contributed by atoms with Gasteiger partial charge < -0.3 is 18.9 Å². The minimum atomic E-state index is -4.73. The number of likely N-dealkylation sites (tertiary alicyclic amines) is 1. The SMILES string of the molecule is COc1cc(/C=C2\CCCN([C@@H]3CCc4cc(OC(F)(F)F)ccc43)C2=O)ccc1-n1cnc(C)c1. The molecule has 6 nitrogen and oxygen atoms in total. The van der Waals surface area contributed by atoms with E-state index >= 15 is 0 Å². The highest BCUT2D eigenvalue weighted by Gasteiger charge is 2.36. The molecule has 0 unspecified atom stereocenters. The van der Waals surface area contributed by atoms with Crippen molar-refractivity contribution in [1.82, 2.24) is 14.5 Å². The second kappa shape index (κ2) is 9.37. The van der Waals surface area contributed by atoms with Gasteiger partial charge in [-0.25, -0.2) is 4.98 Å². The highest BCUT2D eigenvalue weighted by Crippen LogP contribution is 2.40. The van der Waals surface area contributed by atoms with Gasteiger partial charge in [-0.3, -0.25) is 4.79 Å². The summed E-state index contributed by atoms with van der Waals surface area (Å²) in [5.74, 6) is 0.405. The van der Waals surface area contributed by atoms with Crippen molar-refractivity contribution in [3.8, 4) is 17.2 Å². The Hall–Kier alpha value is -3.75. The number of benzene rings is 2. The molecule has 1 aliphatic carbocycles. The van der Waals surface area contributed by atoms with Crippen LogP contribution in [-0.2, 0) is 11.2 Å². The fourth-order valence-electron chi connectivity index (χ4n) is 5.11. The summed E-state index contributed by atoms with van der Waals surface area (Å²) in [7, 11) is 1.61. The molecule has 0 bridgehead atoms. The number of hydrogen-bond acceptors (Lipinski definition) is 4. The maximum absolute atomic E-state index is 13.5. The zero-order valence-electron chi connectivity index (χ0n) is 20.0. The Morgan fingerprint density at radius 2 is 1.97 bits per heavy atom. The first-order valence-electron chi connectivity index (χ1n) is 11.8. The largest absolute Gasteiger partial charge is 0.573 e. The number of ether oxygens (including phenoxy) is 2. The molecule has 0 radical (unpaired) electrons. The van der Waals surface area contributed by atoms with Gasteiger partial charge in [0, 0.05) is 18.3 Å². The molecular formula is C27H26F3N3O3. The second-order valence-electron chi connectivity index (χ2n) is 9.09. The first-order chi connectivity index (χ1) is 17.2. The molecule has 36 heavy (non-hydrogen) atoms. The average Bonchev–Trinajstić information content (AvgIpc) is 3.45. The molecule has 1 aliphatic heterocycles. The predicted molar refractivity (Wildman–Crippen MR) is 128 cm³/mol. The van der Waals surface area contributed by atoms with Crippen molar-refractivity contribution in [2.24, 2.45) is 0 Å². The van der Waals surface area contributed by atoms with Gasteiger partial charge in [0.2, 0.25) is 5.91 Å². The highest BCUT2D eigenvalue weighted by atomic mass is 19.4. The third-order valence-corrected chi connectivity index (χ3v) is 6.69. The Bertz CT molecular complexity index is 1330. The summed E-state index contributed by atoms with van der Waals surface area (Å²) < 4.78 is 49.3. The van der Waals surface area contributed by atoms with Crippen molar-refractivity contribution in [3.63, 3.8) is 0 Å². The smallest absolute Gasteiger partial charge is 0.495 e. The first kappa shape index (κ1) is 24.0. The summed E-state index contributed by atoms with van der Waals surface area (Å²) in [5, 5.41) is 0. The summed E-state index contributed by atoms with van der Waals surface area (Å²) in [6, 6.07) is 10.0. The number of carbonyl (C=O) groups excluding carboxylic acids is 1. The van der Waals surface area contributed by atoms with Crippen molar-refractivity contribution in [2.45, 2.75) is 45.0 Å². The fraction of sp³-hybridized carbons (Fsp3) is 0.333. The molecule has 1 fully saturated rings. The summed E-state index contributed by atoms with van der Waals surface area (Å²) in [6.07, 6.45) is 3.58. The first-order valence-corrected chi connectivity index (χ1v) is 11.8. The lowest BCUT2D eigenvalue weighted by Crippen LogP contribution is -2.39. The number of carbonyl (C=O) groups is 1. The normalized spacial score (nSPS) is 19.0. The summed E-state index contributed by atoms with van der Waals surface area (Å²) >= 11 is 0. The van der Waals surface area contributed by atoms with Gasteiger partial charge in [-0.2, -0.15) is 0 Å². The van der Waals surface area contributed by atoms with Crippen LogP contribution < -0.4 is 9.47 Å². The van der Waals surface area contributed by atoms with E-state index in [4.69, 9.17) is 4.74 Å². The molecule has 0 N–H and O–H groups in total. The van der Waals surface area contributed by atoms with Crippen molar-refractivity contribution in [1.29, 1.82) is 0 Å². The van der Waals surface area contributed by atoms with Crippen molar-refractivity contribution in [2.75, 3.05) is 13.7 Å². The number of hydrogen-bond donors (Lipinski definition) is 0. The topological polar surface area (TPSA) is 56.6 Å². The number of rotatable bonds is 5. The lowest BCUT2D eigenvalue weighted by atomic mass is 9.97. The zero-order valence-corrected chi connectivity index (χ0v) is 20.0. The molecule has 2 aliphatic rings. The molecule has 1 aromatic heterocycles. The Labute approximate surface area is 207 Å². The predicted octanol–water partition coefficient (Wildman–Crippen LogP) is 5.78. The Kier molecular flexibility index (Phi) is 6.24. The number of methoxy groups -OCH3 is 1. The van der Waals surface area contributed by atoms with E-state index in [2.05, 4.69) is 9.72 Å². The average molecular weight is 498 g/mol. The van der Waals surface area contributed by atoms with Crippen molar-refractivity contribution >= 4 is 12.0 Å². The molecule has 0 spiro atoms. The third-order valence-electron chi connectivity index (χ3n) is 6.69. The Balaban J connectivity index is 1.37. The van der Waals surface area contributed by atoms with Gasteiger partial charge in [0.1, 0.15) is 11.5 Å². The number of nitrogens with zero attached hydrogens (tertiary/aromatic N) is 3. The van der Waals surface area contributed by atoms with Gasteiger partial charge in [-0.15, -0.1) is 13.2 Å². The van der Waals surface area contributed by atoms with Gasteiger partial charge in [-0.05, 0) is 79.6 Å². The van der Waals surface area contributed by atoms with E-state index in [1.54, 1.807) is 19.5 Å². The van der Waals surface area contributed by atoms with Gasteiger partial charge in [0.25, 0.3) is 0 Å². The number of fused-ring (bicyclic) bond motifs is 1. The number of aromatic nitrogens is 2. The third kappa shape index (κ3) is 4.82. The molecule has 188 valence electrons. The second-order valence-corrected chi connectivity index (χ2v) is 9.09. The van der Waals surface area contributed by atoms with E-state index < -0.39 is 6.36 Å². The van der Waals surface area contributed by atoms with Crippen LogP contribution in [0.3, 0.4) is 0 Å². The molecule has 1 saturated heterocycles. The van der Waals surface area contributed by atoms with E-state index in [1.165, 1.54) is 12.1 Å². The monoisotopic (exact) mass is 497 g/mol. The van der Waals surface area contributed by atoms with Gasteiger partial charge in [0.15, 0.2) is 0 Å². The van der Waals surface area contributed by atoms with Crippen molar-refractivity contribution in [3.05, 3.63) is 76.9 Å². The van der Waals surface area contributed by atoms with Crippen LogP contribution in [0.4, 0.5) is 13.2 Å². The molecule has 9 heteroatoms. The fourth-order valence-corrected chi connectivity index (χ4v) is 5.11. The standard InChI is InChI=1S/C27H26F3N3O3/c1-17-15-32(16-31-17)24-9-5-18(13-25(24)35-2)12-20-4-3-11-33(26(20)34)23-10-6-19-14-21(7-8-22(19)23)36-27(28,29)30/h5,7-9,12-16,23H,3-4,6,10-11H2,1-2H3/b20-12+/t23-/m1/s1. The van der Waals surface area contributed by atoms with Gasteiger partial charge in [-0.1, -0.05) is 12.1 Å². The van der Waals surface area contributed by atoms with Crippen molar-refractivity contribution < 1.29 is 27.4 Å². The number of halogens is 3. The Morgan fingerprint density at radius 3 is 2.69 bits per heavy atom. The van der Waals surface area contributed by atoms with Crippen LogP contribution in [-0.4, -0.2) is 40.4 Å². The maximum atomic E-state index is 13.5. The minimum absolute atomic E-state index is 0.0389. The van der Waals surface area contributed by atoms with Crippen LogP contribution in [0.2, 0.25) is 0 Å². The van der Waals surface area contributed by atoms with E-state index in [9.17, 15) is 18.0 Å². The van der Waals surface area contributed by atoms with Crippen LogP contribution in [0.25, 0.3) is 11.8 Å². The minimum Gasteiger partial charge on any atom is -0.495 e. The molecule has 0 saturated carbocycles. The van der Waals surface area contributed by atoms with Crippen LogP contribution in [0.5, 0.6) is 11.5 Å². The van der Waals surface area contributed by atoms with E-state index in [1.807, 2.05) is 46.9 Å². The molecular weight excluding hydrogens is 471 g/mol. The van der Waals surface area contributed by atoms with E-state index in [0.29, 0.717) is 37.1 Å². The van der Waals surface area contributed by atoms with Crippen LogP contribution in [0.1, 0.15) is 47.7 Å². The van der Waals surface area contributed by atoms with Crippen LogP contribution >= 0.6 is 0 Å². The maximum Gasteiger partial charge on any atom is 0.573 e. The number of alkyl halides is 3. The lowest BCUT2D eigenvalue weighted by Gasteiger charge is -2.34. The molecule has 3 aromatic rings. The molecule has 2 heterocycles. The molecule has 1 atom stereocenters. The summed E-state index contributed by atoms with van der Waals surface area (Å²) in [6.45, 7) is 2.53. The number of imidazole rings is 1. The Morgan fingerprint density at radius 1 is 1.14 bits per heavy atom. The van der Waals surface area contributed by atoms with Crippen LogP contribution in [0.15, 0.2) is 54.5 Å². The van der Waals surface area contributed by atoms with Gasteiger partial charge in [0.05, 0.1) is 30.9 Å². The zero-order chi connectivity index (χ0) is 25.4. The van der Waals surface area contributed by atoms with E-state index in [0.717, 1.165) is 34.5 Å². The number of amides is 1. The van der Waals surface area contributed by atoms with Crippen LogP contribution in [0, 0.1) is 6.92 Å². The quantitative estimate of drug-likeness (QED) is 0.420. The summed E-state index contributed by atoms with van der Waals surface area (Å²) in [4.78, 5) is 19.6. The van der Waals surface area contributed by atoms with Gasteiger partial charge >= 0.3 is 6.36 Å². The molecule has 1 amide bonds. The number of aryl methyl sites for hydroxylation is 2. The summed E-state index contributed by atoms with van der Waals surface area (Å²) in [5.41, 5.74) is 5.00.